The van der Waals surface area contributed by atoms with Gasteiger partial charge in [-0.2, -0.15) is 0 Å². The largest absolute Gasteiger partial charge is 0.302 e. The number of amides is 1. The SMILES string of the molecule is Cc1ccc(CC(=O)Nc2nc3ccc(C(C)C)cc3s2)cc1C. The Morgan fingerprint density at radius 1 is 1.12 bits per heavy atom. The molecule has 0 aliphatic rings. The number of aryl methyl sites for hydroxylation is 2. The highest BCUT2D eigenvalue weighted by atomic mass is 32.1. The summed E-state index contributed by atoms with van der Waals surface area (Å²) in [4.78, 5) is 16.8. The summed E-state index contributed by atoms with van der Waals surface area (Å²) in [7, 11) is 0. The van der Waals surface area contributed by atoms with Crippen LogP contribution in [0.1, 0.15) is 42.0 Å². The fourth-order valence-electron chi connectivity index (χ4n) is 2.62. The van der Waals surface area contributed by atoms with Crippen molar-refractivity contribution >= 4 is 32.6 Å². The van der Waals surface area contributed by atoms with Gasteiger partial charge in [0.2, 0.25) is 5.91 Å². The molecule has 0 radical (unpaired) electrons. The van der Waals surface area contributed by atoms with Gasteiger partial charge < -0.3 is 5.32 Å². The van der Waals surface area contributed by atoms with Crippen LogP contribution in [-0.2, 0) is 11.2 Å². The Kier molecular flexibility index (Phi) is 4.67. The smallest absolute Gasteiger partial charge is 0.230 e. The first-order valence-electron chi connectivity index (χ1n) is 8.19. The van der Waals surface area contributed by atoms with Crippen molar-refractivity contribution in [3.8, 4) is 0 Å². The summed E-state index contributed by atoms with van der Waals surface area (Å²) < 4.78 is 1.11. The first-order valence-corrected chi connectivity index (χ1v) is 9.00. The molecule has 24 heavy (non-hydrogen) atoms. The van der Waals surface area contributed by atoms with E-state index in [0.717, 1.165) is 15.8 Å². The summed E-state index contributed by atoms with van der Waals surface area (Å²) in [5.41, 5.74) is 5.71. The molecule has 2 aromatic carbocycles. The van der Waals surface area contributed by atoms with E-state index in [1.807, 2.05) is 12.1 Å². The number of nitrogens with one attached hydrogen (secondary N) is 1. The van der Waals surface area contributed by atoms with Crippen molar-refractivity contribution in [1.29, 1.82) is 0 Å². The van der Waals surface area contributed by atoms with Gasteiger partial charge in [0.05, 0.1) is 16.6 Å². The maximum absolute atomic E-state index is 12.3. The number of aromatic nitrogens is 1. The van der Waals surface area contributed by atoms with Gasteiger partial charge in [0.1, 0.15) is 0 Å². The number of fused-ring (bicyclic) bond motifs is 1. The molecule has 124 valence electrons. The average molecular weight is 338 g/mol. The van der Waals surface area contributed by atoms with Crippen LogP contribution in [0, 0.1) is 13.8 Å². The van der Waals surface area contributed by atoms with Gasteiger partial charge in [-0.15, -0.1) is 0 Å². The van der Waals surface area contributed by atoms with Gasteiger partial charge in [-0.05, 0) is 54.2 Å². The Balaban J connectivity index is 1.74. The van der Waals surface area contributed by atoms with Crippen LogP contribution in [0.3, 0.4) is 0 Å². The second-order valence-electron chi connectivity index (χ2n) is 6.54. The van der Waals surface area contributed by atoms with E-state index in [-0.39, 0.29) is 5.91 Å². The summed E-state index contributed by atoms with van der Waals surface area (Å²) in [5.74, 6) is 0.459. The average Bonchev–Trinajstić information content (AvgIpc) is 2.91. The first kappa shape index (κ1) is 16.7. The van der Waals surface area contributed by atoms with Crippen LogP contribution in [0.5, 0.6) is 0 Å². The second-order valence-corrected chi connectivity index (χ2v) is 7.58. The van der Waals surface area contributed by atoms with E-state index in [1.54, 1.807) is 0 Å². The molecule has 3 aromatic rings. The molecule has 0 fully saturated rings. The van der Waals surface area contributed by atoms with Crippen molar-refractivity contribution in [2.24, 2.45) is 0 Å². The van der Waals surface area contributed by atoms with Crippen LogP contribution in [0.2, 0.25) is 0 Å². The Labute approximate surface area is 146 Å². The zero-order valence-electron chi connectivity index (χ0n) is 14.5. The molecule has 3 rings (SSSR count). The van der Waals surface area contributed by atoms with Gasteiger partial charge in [0.25, 0.3) is 0 Å². The van der Waals surface area contributed by atoms with Crippen LogP contribution >= 0.6 is 11.3 Å². The normalized spacial score (nSPS) is 11.2. The third-order valence-electron chi connectivity index (χ3n) is 4.26. The van der Waals surface area contributed by atoms with Crippen molar-refractivity contribution in [1.82, 2.24) is 4.98 Å². The van der Waals surface area contributed by atoms with Gasteiger partial charge in [-0.3, -0.25) is 4.79 Å². The van der Waals surface area contributed by atoms with Crippen molar-refractivity contribution in [2.45, 2.75) is 40.0 Å². The molecule has 0 aliphatic carbocycles. The van der Waals surface area contributed by atoms with Gasteiger partial charge >= 0.3 is 0 Å². The molecular formula is C20H22N2OS. The summed E-state index contributed by atoms with van der Waals surface area (Å²) in [6.07, 6.45) is 0.369. The minimum absolute atomic E-state index is 0.0265. The van der Waals surface area contributed by atoms with E-state index in [2.05, 4.69) is 62.3 Å². The number of carbonyl (C=O) groups is 1. The summed E-state index contributed by atoms with van der Waals surface area (Å²) in [5, 5.41) is 3.60. The Morgan fingerprint density at radius 3 is 2.62 bits per heavy atom. The molecule has 0 spiro atoms. The van der Waals surface area contributed by atoms with Crippen LogP contribution in [0.4, 0.5) is 5.13 Å². The molecular weight excluding hydrogens is 316 g/mol. The Hall–Kier alpha value is -2.20. The monoisotopic (exact) mass is 338 g/mol. The fraction of sp³-hybridized carbons (Fsp3) is 0.300. The maximum atomic E-state index is 12.3. The number of anilines is 1. The van der Waals surface area contributed by atoms with Crippen molar-refractivity contribution in [3.05, 3.63) is 58.7 Å². The van der Waals surface area contributed by atoms with Gasteiger partial charge in [0, 0.05) is 0 Å². The molecule has 1 aromatic heterocycles. The molecule has 0 bridgehead atoms. The fourth-order valence-corrected chi connectivity index (χ4v) is 3.55. The lowest BCUT2D eigenvalue weighted by Crippen LogP contribution is -2.14. The maximum Gasteiger partial charge on any atom is 0.230 e. The predicted octanol–water partition coefficient (Wildman–Crippen LogP) is 5.22. The number of rotatable bonds is 4. The Morgan fingerprint density at radius 2 is 1.92 bits per heavy atom. The highest BCUT2D eigenvalue weighted by Crippen LogP contribution is 2.29. The van der Waals surface area contributed by atoms with E-state index in [1.165, 1.54) is 28.0 Å². The van der Waals surface area contributed by atoms with Crippen molar-refractivity contribution in [3.63, 3.8) is 0 Å². The van der Waals surface area contributed by atoms with Crippen molar-refractivity contribution < 1.29 is 4.79 Å². The number of carbonyl (C=O) groups excluding carboxylic acids is 1. The van der Waals surface area contributed by atoms with Crippen LogP contribution in [0.15, 0.2) is 36.4 Å². The van der Waals surface area contributed by atoms with Crippen LogP contribution in [0.25, 0.3) is 10.2 Å². The molecule has 0 atom stereocenters. The lowest BCUT2D eigenvalue weighted by atomic mass is 10.0. The lowest BCUT2D eigenvalue weighted by molar-refractivity contribution is -0.115. The summed E-state index contributed by atoms with van der Waals surface area (Å²) in [6, 6.07) is 12.4. The molecule has 1 N–H and O–H groups in total. The number of thiazole rings is 1. The van der Waals surface area contributed by atoms with Gasteiger partial charge in [0.15, 0.2) is 5.13 Å². The number of hydrogen-bond acceptors (Lipinski definition) is 3. The molecule has 0 saturated carbocycles. The molecule has 3 nitrogen and oxygen atoms in total. The molecule has 0 unspecified atom stereocenters. The number of nitrogens with zero attached hydrogens (tertiary/aromatic N) is 1. The van der Waals surface area contributed by atoms with Crippen LogP contribution < -0.4 is 5.32 Å². The molecule has 4 heteroatoms. The topological polar surface area (TPSA) is 42.0 Å². The minimum atomic E-state index is -0.0265. The zero-order valence-corrected chi connectivity index (χ0v) is 15.3. The van der Waals surface area contributed by atoms with E-state index in [4.69, 9.17) is 0 Å². The molecule has 0 aliphatic heterocycles. The molecule has 1 heterocycles. The van der Waals surface area contributed by atoms with Crippen LogP contribution in [-0.4, -0.2) is 10.9 Å². The van der Waals surface area contributed by atoms with Gasteiger partial charge in [-0.1, -0.05) is 49.4 Å². The van der Waals surface area contributed by atoms with E-state index >= 15 is 0 Å². The Bertz CT molecular complexity index is 896. The molecule has 0 saturated heterocycles. The standard InChI is InChI=1S/C20H22N2OS/c1-12(2)16-7-8-17-18(11-16)24-20(21-17)22-19(23)10-15-6-5-13(3)14(4)9-15/h5-9,11-12H,10H2,1-4H3,(H,21,22,23). The minimum Gasteiger partial charge on any atom is -0.302 e. The third kappa shape index (κ3) is 3.65. The van der Waals surface area contributed by atoms with E-state index in [9.17, 15) is 4.79 Å². The van der Waals surface area contributed by atoms with E-state index in [0.29, 0.717) is 17.5 Å². The molecule has 1 amide bonds. The predicted molar refractivity (Wildman–Crippen MR) is 102 cm³/mol. The van der Waals surface area contributed by atoms with Gasteiger partial charge in [-0.25, -0.2) is 4.98 Å². The first-order chi connectivity index (χ1) is 11.4. The van der Waals surface area contributed by atoms with Crippen molar-refractivity contribution in [2.75, 3.05) is 5.32 Å². The quantitative estimate of drug-likeness (QED) is 0.709. The van der Waals surface area contributed by atoms with E-state index < -0.39 is 0 Å². The summed E-state index contributed by atoms with van der Waals surface area (Å²) in [6.45, 7) is 8.49. The lowest BCUT2D eigenvalue weighted by Gasteiger charge is -2.05. The second kappa shape index (κ2) is 6.73. The number of benzene rings is 2. The summed E-state index contributed by atoms with van der Waals surface area (Å²) >= 11 is 1.53. The number of hydrogen-bond donors (Lipinski definition) is 1. The highest BCUT2D eigenvalue weighted by molar-refractivity contribution is 7.22. The highest BCUT2D eigenvalue weighted by Gasteiger charge is 2.10. The zero-order chi connectivity index (χ0) is 17.3. The third-order valence-corrected chi connectivity index (χ3v) is 5.20.